The van der Waals surface area contributed by atoms with E-state index in [4.69, 9.17) is 4.74 Å². The molecule has 1 N–H and O–H groups in total. The highest BCUT2D eigenvalue weighted by atomic mass is 19.1. The van der Waals surface area contributed by atoms with Crippen LogP contribution >= 0.6 is 0 Å². The summed E-state index contributed by atoms with van der Waals surface area (Å²) in [6.45, 7) is 4.12. The van der Waals surface area contributed by atoms with E-state index in [1.54, 1.807) is 18.2 Å². The summed E-state index contributed by atoms with van der Waals surface area (Å²) >= 11 is 0. The van der Waals surface area contributed by atoms with Crippen LogP contribution in [-0.2, 0) is 9.53 Å². The summed E-state index contributed by atoms with van der Waals surface area (Å²) < 4.78 is 35.2. The van der Waals surface area contributed by atoms with Gasteiger partial charge < -0.3 is 14.4 Å². The molecule has 0 bridgehead atoms. The summed E-state index contributed by atoms with van der Waals surface area (Å²) in [6.07, 6.45) is 0.579. The van der Waals surface area contributed by atoms with Crippen molar-refractivity contribution in [3.05, 3.63) is 83.9 Å². The molecule has 6 heteroatoms. The second-order valence-corrected chi connectivity index (χ2v) is 8.24. The summed E-state index contributed by atoms with van der Waals surface area (Å²) in [4.78, 5) is 11.7. The molecule has 1 aliphatic heterocycles. The van der Waals surface area contributed by atoms with Crippen molar-refractivity contribution >= 4 is 12.0 Å². The first kappa shape index (κ1) is 22.0. The topological polar surface area (TPSA) is 51.5 Å². The van der Waals surface area contributed by atoms with Gasteiger partial charge in [-0.2, -0.15) is 0 Å². The minimum absolute atomic E-state index is 0.102. The maximum absolute atomic E-state index is 14.5. The molecule has 0 saturated carbocycles. The lowest BCUT2D eigenvalue weighted by Gasteiger charge is -2.27. The lowest BCUT2D eigenvalue weighted by molar-refractivity contribution is -0.164. The van der Waals surface area contributed by atoms with Gasteiger partial charge in [-0.1, -0.05) is 50.3 Å². The molecular weight excluding hydrogens is 412 g/mol. The van der Waals surface area contributed by atoms with Gasteiger partial charge in [0.1, 0.15) is 5.82 Å². The average molecular weight is 437 g/mol. The Morgan fingerprint density at radius 3 is 2.47 bits per heavy atom. The zero-order valence-electron chi connectivity index (χ0n) is 17.9. The maximum Gasteiger partial charge on any atom is 0.309 e. The van der Waals surface area contributed by atoms with Gasteiger partial charge in [-0.3, -0.25) is 4.79 Å². The summed E-state index contributed by atoms with van der Waals surface area (Å²) in [5.41, 5.74) is 4.40. The third-order valence-corrected chi connectivity index (χ3v) is 5.60. The van der Waals surface area contributed by atoms with Crippen LogP contribution < -0.4 is 0 Å². The summed E-state index contributed by atoms with van der Waals surface area (Å²) in [7, 11) is 0. The standard InChI is InChI=1S/C26H25F2NO3/c1-16(2)26-20(12-13-23-25(28)22(30)14-24(31)32-23)21(17-8-10-18(27)11-9-17)15-29(26)19-6-4-3-5-7-19/h3-13,15-16,22-23,25,30H,14H2,1-2H3/b13-12+/t22-,23+,25+/m0/s1. The van der Waals surface area contributed by atoms with Crippen LogP contribution in [0.15, 0.2) is 66.9 Å². The van der Waals surface area contributed by atoms with E-state index in [1.807, 2.05) is 36.5 Å². The fraction of sp³-hybridized carbons (Fsp3) is 0.269. The van der Waals surface area contributed by atoms with E-state index in [9.17, 15) is 18.7 Å². The van der Waals surface area contributed by atoms with Crippen LogP contribution in [-0.4, -0.2) is 34.0 Å². The van der Waals surface area contributed by atoms with Gasteiger partial charge in [-0.05, 0) is 41.8 Å². The highest BCUT2D eigenvalue weighted by Gasteiger charge is 2.36. The first-order valence-electron chi connectivity index (χ1n) is 10.6. The molecule has 3 aromatic rings. The van der Waals surface area contributed by atoms with Crippen LogP contribution in [0.1, 0.15) is 37.4 Å². The number of esters is 1. The third kappa shape index (κ3) is 4.36. The first-order valence-corrected chi connectivity index (χ1v) is 10.6. The molecule has 166 valence electrons. The van der Waals surface area contributed by atoms with Crippen LogP contribution in [0, 0.1) is 5.82 Å². The van der Waals surface area contributed by atoms with Crippen LogP contribution in [0.25, 0.3) is 22.9 Å². The van der Waals surface area contributed by atoms with Crippen molar-refractivity contribution in [1.29, 1.82) is 0 Å². The minimum Gasteiger partial charge on any atom is -0.455 e. The number of rotatable bonds is 5. The fourth-order valence-corrected chi connectivity index (χ4v) is 4.07. The van der Waals surface area contributed by atoms with Gasteiger partial charge in [-0.15, -0.1) is 0 Å². The third-order valence-electron chi connectivity index (χ3n) is 5.60. The van der Waals surface area contributed by atoms with E-state index in [-0.39, 0.29) is 18.2 Å². The molecule has 1 aliphatic rings. The van der Waals surface area contributed by atoms with Gasteiger partial charge in [0.05, 0.1) is 12.5 Å². The number of aromatic nitrogens is 1. The predicted octanol–water partition coefficient (Wildman–Crippen LogP) is 5.43. The van der Waals surface area contributed by atoms with Gasteiger partial charge in [0.15, 0.2) is 12.3 Å². The SMILES string of the molecule is CC(C)c1c(/C=C/[C@H]2OC(=O)C[C@H](O)[C@H]2F)c(-c2ccc(F)cc2)cn1-c1ccccc1. The molecular formula is C26H25F2NO3. The second kappa shape index (κ2) is 9.09. The molecule has 3 atom stereocenters. The number of carbonyl (C=O) groups is 1. The van der Waals surface area contributed by atoms with Crippen molar-refractivity contribution in [3.63, 3.8) is 0 Å². The number of nitrogens with zero attached hydrogens (tertiary/aromatic N) is 1. The van der Waals surface area contributed by atoms with Crippen LogP contribution in [0.2, 0.25) is 0 Å². The molecule has 1 aromatic heterocycles. The van der Waals surface area contributed by atoms with Crippen molar-refractivity contribution in [3.8, 4) is 16.8 Å². The Morgan fingerprint density at radius 2 is 1.81 bits per heavy atom. The largest absolute Gasteiger partial charge is 0.455 e. The molecule has 1 saturated heterocycles. The van der Waals surface area contributed by atoms with Gasteiger partial charge in [-0.25, -0.2) is 8.78 Å². The normalized spacial score (nSPS) is 21.3. The number of alkyl halides is 1. The van der Waals surface area contributed by atoms with Gasteiger partial charge >= 0.3 is 5.97 Å². The Bertz CT molecular complexity index is 1120. The van der Waals surface area contributed by atoms with Gasteiger partial charge in [0, 0.05) is 28.7 Å². The van der Waals surface area contributed by atoms with Crippen LogP contribution in [0.5, 0.6) is 0 Å². The first-order chi connectivity index (χ1) is 15.3. The molecule has 1 fully saturated rings. The molecule has 4 rings (SSSR count). The van der Waals surface area contributed by atoms with Crippen LogP contribution in [0.3, 0.4) is 0 Å². The number of cyclic esters (lactones) is 1. The van der Waals surface area contributed by atoms with Gasteiger partial charge in [0.25, 0.3) is 0 Å². The van der Waals surface area contributed by atoms with Crippen molar-refractivity contribution in [1.82, 2.24) is 4.57 Å². The number of benzene rings is 2. The lowest BCUT2D eigenvalue weighted by Crippen LogP contribution is -2.42. The molecule has 2 heterocycles. The van der Waals surface area contributed by atoms with Crippen molar-refractivity contribution in [2.24, 2.45) is 0 Å². The molecule has 0 amide bonds. The number of aliphatic hydroxyl groups is 1. The van der Waals surface area contributed by atoms with Gasteiger partial charge in [0.2, 0.25) is 0 Å². The molecule has 2 aromatic carbocycles. The Labute approximate surface area is 185 Å². The van der Waals surface area contributed by atoms with E-state index < -0.39 is 24.3 Å². The quantitative estimate of drug-likeness (QED) is 0.541. The number of para-hydroxylation sites is 1. The molecule has 0 aliphatic carbocycles. The van der Waals surface area contributed by atoms with Crippen molar-refractivity contribution in [2.45, 2.75) is 44.6 Å². The summed E-state index contributed by atoms with van der Waals surface area (Å²) in [5, 5.41) is 9.82. The maximum atomic E-state index is 14.5. The average Bonchev–Trinajstić information content (AvgIpc) is 3.16. The van der Waals surface area contributed by atoms with E-state index in [2.05, 4.69) is 18.4 Å². The molecule has 0 spiro atoms. The summed E-state index contributed by atoms with van der Waals surface area (Å²) in [6, 6.07) is 16.0. The van der Waals surface area contributed by atoms with E-state index in [1.165, 1.54) is 18.2 Å². The smallest absolute Gasteiger partial charge is 0.309 e. The lowest BCUT2D eigenvalue weighted by atomic mass is 9.96. The predicted molar refractivity (Wildman–Crippen MR) is 120 cm³/mol. The number of hydrogen-bond acceptors (Lipinski definition) is 3. The molecule has 4 nitrogen and oxygen atoms in total. The Kier molecular flexibility index (Phi) is 6.24. The number of ether oxygens (including phenoxy) is 1. The van der Waals surface area contributed by atoms with E-state index >= 15 is 0 Å². The number of halogens is 2. The zero-order valence-corrected chi connectivity index (χ0v) is 17.9. The number of hydrogen-bond donors (Lipinski definition) is 1. The Hall–Kier alpha value is -3.25. The highest BCUT2D eigenvalue weighted by molar-refractivity contribution is 5.79. The fourth-order valence-electron chi connectivity index (χ4n) is 4.07. The van der Waals surface area contributed by atoms with Crippen LogP contribution in [0.4, 0.5) is 8.78 Å². The zero-order chi connectivity index (χ0) is 22.8. The monoisotopic (exact) mass is 437 g/mol. The summed E-state index contributed by atoms with van der Waals surface area (Å²) in [5.74, 6) is -0.865. The Balaban J connectivity index is 1.86. The highest BCUT2D eigenvalue weighted by Crippen LogP contribution is 2.36. The second-order valence-electron chi connectivity index (χ2n) is 8.24. The van der Waals surface area contributed by atoms with E-state index in [0.717, 1.165) is 28.1 Å². The minimum atomic E-state index is -1.70. The van der Waals surface area contributed by atoms with Crippen molar-refractivity contribution in [2.75, 3.05) is 0 Å². The number of carbonyl (C=O) groups excluding carboxylic acids is 1. The molecule has 32 heavy (non-hydrogen) atoms. The number of aliphatic hydroxyl groups excluding tert-OH is 1. The van der Waals surface area contributed by atoms with E-state index in [0.29, 0.717) is 0 Å². The molecule has 0 unspecified atom stereocenters. The van der Waals surface area contributed by atoms with Crippen molar-refractivity contribution < 1.29 is 23.4 Å². The molecule has 0 radical (unpaired) electrons. The Morgan fingerprint density at radius 1 is 1.12 bits per heavy atom.